The average Bonchev–Trinajstić information content (AvgIpc) is 2.97. The summed E-state index contributed by atoms with van der Waals surface area (Å²) >= 11 is 0. The molecule has 2 aromatic rings. The number of ketones is 2. The van der Waals surface area contributed by atoms with Crippen molar-refractivity contribution in [2.45, 2.75) is 51.4 Å². The van der Waals surface area contributed by atoms with Crippen molar-refractivity contribution in [3.63, 3.8) is 0 Å². The number of hydrogen-bond acceptors (Lipinski definition) is 5. The van der Waals surface area contributed by atoms with Crippen LogP contribution in [0.1, 0.15) is 70.4 Å². The first-order valence-corrected chi connectivity index (χ1v) is 9.39. The number of aryl methyl sites for hydroxylation is 2. The van der Waals surface area contributed by atoms with Crippen molar-refractivity contribution in [3.8, 4) is 5.88 Å². The zero-order valence-electron chi connectivity index (χ0n) is 15.5. The second kappa shape index (κ2) is 8.75. The van der Waals surface area contributed by atoms with Crippen LogP contribution < -0.4 is 10.3 Å². The van der Waals surface area contributed by atoms with Gasteiger partial charge in [0.15, 0.2) is 11.6 Å². The van der Waals surface area contributed by atoms with Crippen LogP contribution in [-0.4, -0.2) is 28.6 Å². The Kier molecular flexibility index (Phi) is 6.16. The smallest absolute Gasteiger partial charge is 0.248 e. The largest absolute Gasteiger partial charge is 0.481 e. The average molecular weight is 368 g/mol. The van der Waals surface area contributed by atoms with Crippen molar-refractivity contribution in [1.82, 2.24) is 9.97 Å². The number of ether oxygens (including phenoxy) is 1. The highest BCUT2D eigenvalue weighted by Crippen LogP contribution is 2.22. The predicted molar refractivity (Wildman–Crippen MR) is 102 cm³/mol. The number of rotatable bonds is 1. The molecule has 0 atom stereocenters. The van der Waals surface area contributed by atoms with Gasteiger partial charge in [-0.2, -0.15) is 0 Å². The second-order valence-corrected chi connectivity index (χ2v) is 6.88. The Morgan fingerprint density at radius 1 is 0.852 bits per heavy atom. The molecule has 0 bridgehead atoms. The van der Waals surface area contributed by atoms with Gasteiger partial charge in [0.2, 0.25) is 11.4 Å². The topological polar surface area (TPSA) is 89.1 Å². The van der Waals surface area contributed by atoms with Crippen LogP contribution in [0, 0.1) is 0 Å². The lowest BCUT2D eigenvalue weighted by atomic mass is 10.1. The molecule has 6 nitrogen and oxygen atoms in total. The molecule has 1 N–H and O–H groups in total. The van der Waals surface area contributed by atoms with Crippen molar-refractivity contribution in [2.75, 3.05) is 7.11 Å². The van der Waals surface area contributed by atoms with Gasteiger partial charge >= 0.3 is 0 Å². The maximum Gasteiger partial charge on any atom is 0.248 e. The van der Waals surface area contributed by atoms with E-state index in [0.29, 0.717) is 24.3 Å². The maximum absolute atomic E-state index is 11.6. The van der Waals surface area contributed by atoms with Gasteiger partial charge in [-0.25, -0.2) is 4.98 Å². The van der Waals surface area contributed by atoms with E-state index in [-0.39, 0.29) is 17.1 Å². The van der Waals surface area contributed by atoms with Gasteiger partial charge in [0.05, 0.1) is 7.11 Å². The summed E-state index contributed by atoms with van der Waals surface area (Å²) in [4.78, 5) is 40.7. The molecular weight excluding hydrogens is 344 g/mol. The van der Waals surface area contributed by atoms with Crippen LogP contribution in [0.2, 0.25) is 0 Å². The molecule has 0 aliphatic heterocycles. The second-order valence-electron chi connectivity index (χ2n) is 6.88. The molecule has 0 saturated carbocycles. The standard InChI is InChI=1S/C11H13NO2.C10H11NO2/c1-14-11-6-8-4-2-3-5-10(13)9(8)7-12-11;12-9-4-2-1-3-7-5-10(13)11-6-8(7)9/h6-7H,2-5H2,1H3;5-6H,1-4H2,(H,11,13). The molecule has 27 heavy (non-hydrogen) atoms. The van der Waals surface area contributed by atoms with Crippen LogP contribution in [0.25, 0.3) is 0 Å². The van der Waals surface area contributed by atoms with Crippen LogP contribution in [-0.2, 0) is 12.8 Å². The van der Waals surface area contributed by atoms with E-state index in [9.17, 15) is 14.4 Å². The molecule has 6 heteroatoms. The van der Waals surface area contributed by atoms with Gasteiger partial charge in [-0.15, -0.1) is 0 Å². The molecular formula is C21H24N2O4. The molecule has 4 rings (SSSR count). The highest BCUT2D eigenvalue weighted by atomic mass is 16.5. The fraction of sp³-hybridized carbons (Fsp3) is 0.429. The summed E-state index contributed by atoms with van der Waals surface area (Å²) in [5.41, 5.74) is 3.36. The van der Waals surface area contributed by atoms with E-state index >= 15 is 0 Å². The Morgan fingerprint density at radius 3 is 2.11 bits per heavy atom. The SMILES string of the molecule is COc1cc2c(cn1)C(=O)CCCC2.O=C1CCCCc2cc(=O)[nH]cc21. The number of nitrogens with one attached hydrogen (secondary N) is 1. The summed E-state index contributed by atoms with van der Waals surface area (Å²) < 4.78 is 5.03. The zero-order chi connectivity index (χ0) is 19.2. The van der Waals surface area contributed by atoms with E-state index in [2.05, 4.69) is 9.97 Å². The van der Waals surface area contributed by atoms with Crippen molar-refractivity contribution in [3.05, 3.63) is 57.1 Å². The number of aromatic nitrogens is 2. The minimum absolute atomic E-state index is 0.117. The van der Waals surface area contributed by atoms with E-state index < -0.39 is 0 Å². The fourth-order valence-electron chi connectivity index (χ4n) is 3.50. The Bertz CT molecular complexity index is 901. The molecule has 2 heterocycles. The van der Waals surface area contributed by atoms with Crippen LogP contribution in [0.3, 0.4) is 0 Å². The summed E-state index contributed by atoms with van der Waals surface area (Å²) in [5.74, 6) is 0.967. The Balaban J connectivity index is 0.000000156. The van der Waals surface area contributed by atoms with Crippen molar-refractivity contribution >= 4 is 11.6 Å². The number of carbonyl (C=O) groups excluding carboxylic acids is 2. The predicted octanol–water partition coefficient (Wildman–Crippen LogP) is 3.28. The Morgan fingerprint density at radius 2 is 1.44 bits per heavy atom. The maximum atomic E-state index is 11.6. The van der Waals surface area contributed by atoms with E-state index in [1.165, 1.54) is 0 Å². The van der Waals surface area contributed by atoms with Crippen molar-refractivity contribution in [1.29, 1.82) is 0 Å². The number of pyridine rings is 2. The first kappa shape index (κ1) is 19.0. The number of hydrogen-bond donors (Lipinski definition) is 1. The molecule has 0 radical (unpaired) electrons. The third-order valence-electron chi connectivity index (χ3n) is 4.98. The first-order chi connectivity index (χ1) is 13.1. The first-order valence-electron chi connectivity index (χ1n) is 9.39. The summed E-state index contributed by atoms with van der Waals surface area (Å²) in [7, 11) is 1.59. The molecule has 2 aliphatic rings. The van der Waals surface area contributed by atoms with Gasteiger partial charge in [0.1, 0.15) is 0 Å². The van der Waals surface area contributed by atoms with Gasteiger partial charge in [0, 0.05) is 48.5 Å². The highest BCUT2D eigenvalue weighted by molar-refractivity contribution is 5.98. The van der Waals surface area contributed by atoms with E-state index in [0.717, 1.165) is 55.2 Å². The number of Topliss-reactive ketones (excluding diaryl/α,β-unsaturated/α-hetero) is 2. The van der Waals surface area contributed by atoms with Gasteiger partial charge in [0.25, 0.3) is 0 Å². The molecule has 0 amide bonds. The van der Waals surface area contributed by atoms with Crippen LogP contribution in [0.5, 0.6) is 5.88 Å². The molecule has 142 valence electrons. The Labute approximate surface area is 158 Å². The van der Waals surface area contributed by atoms with E-state index in [4.69, 9.17) is 4.74 Å². The van der Waals surface area contributed by atoms with Crippen molar-refractivity contribution < 1.29 is 14.3 Å². The summed E-state index contributed by atoms with van der Waals surface area (Å²) in [6.45, 7) is 0. The number of fused-ring (bicyclic) bond motifs is 2. The number of nitrogens with zero attached hydrogens (tertiary/aromatic N) is 1. The van der Waals surface area contributed by atoms with Gasteiger partial charge < -0.3 is 9.72 Å². The minimum atomic E-state index is -0.117. The molecule has 0 saturated heterocycles. The lowest BCUT2D eigenvalue weighted by Crippen LogP contribution is -2.10. The molecule has 0 fully saturated rings. The molecule has 2 aliphatic carbocycles. The number of H-pyrrole nitrogens is 1. The number of carbonyl (C=O) groups is 2. The van der Waals surface area contributed by atoms with Gasteiger partial charge in [-0.3, -0.25) is 14.4 Å². The van der Waals surface area contributed by atoms with E-state index in [1.54, 1.807) is 25.6 Å². The molecule has 0 spiro atoms. The van der Waals surface area contributed by atoms with Crippen LogP contribution in [0.15, 0.2) is 29.3 Å². The summed E-state index contributed by atoms with van der Waals surface area (Å²) in [5, 5.41) is 0. The fourth-order valence-corrected chi connectivity index (χ4v) is 3.50. The number of methoxy groups -OCH3 is 1. The normalized spacial score (nSPS) is 16.2. The third kappa shape index (κ3) is 4.70. The zero-order valence-corrected chi connectivity index (χ0v) is 15.5. The Hall–Kier alpha value is -2.76. The molecule has 0 aromatic carbocycles. The quantitative estimate of drug-likeness (QED) is 0.780. The minimum Gasteiger partial charge on any atom is -0.481 e. The van der Waals surface area contributed by atoms with E-state index in [1.807, 2.05) is 6.07 Å². The highest BCUT2D eigenvalue weighted by Gasteiger charge is 2.16. The van der Waals surface area contributed by atoms with Crippen LogP contribution in [0.4, 0.5) is 0 Å². The van der Waals surface area contributed by atoms with Gasteiger partial charge in [-0.05, 0) is 49.7 Å². The summed E-state index contributed by atoms with van der Waals surface area (Å²) in [6.07, 6.45) is 10.3. The lowest BCUT2D eigenvalue weighted by molar-refractivity contribution is 0.0973. The molecule has 0 unspecified atom stereocenters. The van der Waals surface area contributed by atoms with Gasteiger partial charge in [-0.1, -0.05) is 0 Å². The van der Waals surface area contributed by atoms with Crippen LogP contribution >= 0.6 is 0 Å². The molecule has 2 aromatic heterocycles. The monoisotopic (exact) mass is 368 g/mol. The van der Waals surface area contributed by atoms with Crippen molar-refractivity contribution in [2.24, 2.45) is 0 Å². The third-order valence-corrected chi connectivity index (χ3v) is 4.98. The summed E-state index contributed by atoms with van der Waals surface area (Å²) in [6, 6.07) is 3.41. The number of aromatic amines is 1. The lowest BCUT2D eigenvalue weighted by Gasteiger charge is -2.05.